The Morgan fingerprint density at radius 3 is 2.78 bits per heavy atom. The van der Waals surface area contributed by atoms with Gasteiger partial charge in [0.2, 0.25) is 0 Å². The lowest BCUT2D eigenvalue weighted by atomic mass is 10.1. The van der Waals surface area contributed by atoms with E-state index < -0.39 is 11.9 Å². The van der Waals surface area contributed by atoms with Gasteiger partial charge in [0.1, 0.15) is 11.9 Å². The van der Waals surface area contributed by atoms with Gasteiger partial charge >= 0.3 is 6.09 Å². The molecule has 3 fully saturated rings. The summed E-state index contributed by atoms with van der Waals surface area (Å²) in [4.78, 5) is 17.4. The van der Waals surface area contributed by atoms with E-state index in [1.165, 1.54) is 17.2 Å². The number of hydrogen-bond acceptors (Lipinski definition) is 7. The molecule has 0 bridgehead atoms. The van der Waals surface area contributed by atoms with Gasteiger partial charge in [0, 0.05) is 47.8 Å². The highest BCUT2D eigenvalue weighted by Crippen LogP contribution is 2.49. The van der Waals surface area contributed by atoms with Crippen molar-refractivity contribution >= 4 is 11.8 Å². The number of aromatic nitrogens is 1. The van der Waals surface area contributed by atoms with Gasteiger partial charge in [0.25, 0.3) is 0 Å². The molecule has 2 aliphatic heterocycles. The van der Waals surface area contributed by atoms with Gasteiger partial charge in [-0.1, -0.05) is 6.07 Å². The summed E-state index contributed by atoms with van der Waals surface area (Å²) >= 11 is 0. The number of anilines is 1. The number of hydrogen-bond donors (Lipinski definition) is 2. The average molecular weight is 437 g/mol. The van der Waals surface area contributed by atoms with Crippen LogP contribution in [0.5, 0.6) is 0 Å². The Kier molecular flexibility index (Phi) is 6.52. The number of nitrogens with two attached hydrogens (primary N) is 1. The number of nitriles is 1. The molecule has 1 amide bonds. The number of ether oxygens (including phenoxy) is 2. The lowest BCUT2D eigenvalue weighted by Gasteiger charge is -2.14. The molecule has 3 aliphatic rings. The highest BCUT2D eigenvalue weighted by Gasteiger charge is 2.54. The first kappa shape index (κ1) is 21.6. The number of rotatable bonds is 5. The van der Waals surface area contributed by atoms with E-state index >= 15 is 0 Å². The number of nitrogens with one attached hydrogen (secondary N) is 1. The van der Waals surface area contributed by atoms with E-state index in [-0.39, 0.29) is 6.10 Å². The van der Waals surface area contributed by atoms with Gasteiger partial charge in [-0.3, -0.25) is 9.88 Å². The maximum atomic E-state index is 14.4. The van der Waals surface area contributed by atoms with Crippen molar-refractivity contribution in [2.45, 2.75) is 6.10 Å². The van der Waals surface area contributed by atoms with Crippen molar-refractivity contribution in [1.82, 2.24) is 10.3 Å². The SMILES string of the molecule is N#CC1[C@H]2COC[C@@H]12.N/C=C\NCC1CN(c2ccc(-c3cccnc3)c(F)c2)C(=O)O1. The molecule has 2 aromatic rings. The number of pyridine rings is 1. The Morgan fingerprint density at radius 1 is 1.34 bits per heavy atom. The Bertz CT molecular complexity index is 1020. The van der Waals surface area contributed by atoms with Crippen LogP contribution < -0.4 is 16.0 Å². The number of amides is 1. The smallest absolute Gasteiger partial charge is 0.414 e. The molecule has 8 nitrogen and oxygen atoms in total. The molecule has 1 saturated carbocycles. The van der Waals surface area contributed by atoms with Crippen LogP contribution >= 0.6 is 0 Å². The van der Waals surface area contributed by atoms with E-state index in [1.54, 1.807) is 42.9 Å². The van der Waals surface area contributed by atoms with E-state index in [2.05, 4.69) is 16.4 Å². The Hall–Kier alpha value is -3.64. The zero-order chi connectivity index (χ0) is 22.5. The number of carbonyl (C=O) groups excluding carboxylic acids is 1. The molecular weight excluding hydrogens is 413 g/mol. The minimum absolute atomic E-state index is 0.324. The fraction of sp³-hybridized carbons (Fsp3) is 0.348. The molecule has 9 heteroatoms. The lowest BCUT2D eigenvalue weighted by Crippen LogP contribution is -2.28. The molecule has 2 unspecified atom stereocenters. The van der Waals surface area contributed by atoms with Crippen LogP contribution in [-0.4, -0.2) is 43.5 Å². The molecule has 5 rings (SSSR count). The van der Waals surface area contributed by atoms with Crippen LogP contribution in [0.15, 0.2) is 55.1 Å². The average Bonchev–Trinajstić information content (AvgIpc) is 3.10. The predicted molar refractivity (Wildman–Crippen MR) is 115 cm³/mol. The topological polar surface area (TPSA) is 113 Å². The summed E-state index contributed by atoms with van der Waals surface area (Å²) < 4.78 is 24.8. The summed E-state index contributed by atoms with van der Waals surface area (Å²) in [5.74, 6) is 1.16. The van der Waals surface area contributed by atoms with Crippen molar-refractivity contribution in [3.8, 4) is 17.2 Å². The lowest BCUT2D eigenvalue weighted by molar-refractivity contribution is 0.142. The van der Waals surface area contributed by atoms with Gasteiger partial charge in [0.05, 0.1) is 44.0 Å². The first-order chi connectivity index (χ1) is 15.6. The van der Waals surface area contributed by atoms with Crippen LogP contribution in [-0.2, 0) is 9.47 Å². The van der Waals surface area contributed by atoms with Crippen molar-refractivity contribution in [1.29, 1.82) is 5.26 Å². The molecule has 2 saturated heterocycles. The summed E-state index contributed by atoms with van der Waals surface area (Å²) in [5, 5.41) is 11.3. The summed E-state index contributed by atoms with van der Waals surface area (Å²) in [5.41, 5.74) is 6.81. The van der Waals surface area contributed by atoms with Crippen molar-refractivity contribution in [3.63, 3.8) is 0 Å². The highest BCUT2D eigenvalue weighted by atomic mass is 19.1. The number of carbonyl (C=O) groups is 1. The predicted octanol–water partition coefficient (Wildman–Crippen LogP) is 2.63. The van der Waals surface area contributed by atoms with Crippen LogP contribution in [0.2, 0.25) is 0 Å². The summed E-state index contributed by atoms with van der Waals surface area (Å²) in [6.45, 7) is 2.45. The third-order valence-electron chi connectivity index (χ3n) is 5.77. The van der Waals surface area contributed by atoms with E-state index in [0.717, 1.165) is 13.2 Å². The largest absolute Gasteiger partial charge is 0.442 e. The minimum Gasteiger partial charge on any atom is -0.442 e. The summed E-state index contributed by atoms with van der Waals surface area (Å²) in [6.07, 6.45) is 5.33. The van der Waals surface area contributed by atoms with Crippen LogP contribution in [0.25, 0.3) is 11.1 Å². The number of cyclic esters (lactones) is 1. The Labute approximate surface area is 185 Å². The molecule has 1 aliphatic carbocycles. The standard InChI is InChI=1S/C17H17FN4O2.C6H7NO/c18-16-8-13(3-4-15(16)12-2-1-6-20-9-12)22-11-14(24-17(22)23)10-21-7-5-19;7-1-4-5-2-8-3-6(4)5/h1-9,14,21H,10-11,19H2;4-6H,2-3H2/b7-5-;/t;4?,5-,6+. The van der Waals surface area contributed by atoms with Gasteiger partial charge in [0.15, 0.2) is 0 Å². The minimum atomic E-state index is -0.493. The van der Waals surface area contributed by atoms with E-state index in [0.29, 0.717) is 47.7 Å². The first-order valence-corrected chi connectivity index (χ1v) is 10.4. The fourth-order valence-electron chi connectivity index (χ4n) is 3.97. The molecule has 32 heavy (non-hydrogen) atoms. The van der Waals surface area contributed by atoms with Gasteiger partial charge in [-0.15, -0.1) is 0 Å². The number of halogens is 1. The molecule has 1 aromatic heterocycles. The van der Waals surface area contributed by atoms with Gasteiger partial charge in [-0.05, 0) is 24.3 Å². The number of fused-ring (bicyclic) bond motifs is 1. The van der Waals surface area contributed by atoms with Crippen molar-refractivity contribution < 1.29 is 18.7 Å². The fourth-order valence-corrected chi connectivity index (χ4v) is 3.97. The second-order valence-corrected chi connectivity index (χ2v) is 7.81. The van der Waals surface area contributed by atoms with E-state index in [1.807, 2.05) is 0 Å². The third kappa shape index (κ3) is 4.65. The quantitative estimate of drug-likeness (QED) is 0.739. The number of benzene rings is 1. The second kappa shape index (κ2) is 9.66. The van der Waals surface area contributed by atoms with Crippen molar-refractivity contribution in [2.24, 2.45) is 23.5 Å². The summed E-state index contributed by atoms with van der Waals surface area (Å²) in [6, 6.07) is 10.5. The molecule has 4 atom stereocenters. The van der Waals surface area contributed by atoms with Gasteiger partial charge in [-0.25, -0.2) is 9.18 Å². The monoisotopic (exact) mass is 437 g/mol. The Morgan fingerprint density at radius 2 is 2.16 bits per heavy atom. The molecule has 0 spiro atoms. The van der Waals surface area contributed by atoms with Crippen LogP contribution in [0, 0.1) is 34.9 Å². The van der Waals surface area contributed by atoms with Crippen LogP contribution in [0.4, 0.5) is 14.9 Å². The zero-order valence-corrected chi connectivity index (χ0v) is 17.4. The Balaban J connectivity index is 0.000000254. The van der Waals surface area contributed by atoms with E-state index in [9.17, 15) is 9.18 Å². The summed E-state index contributed by atoms with van der Waals surface area (Å²) in [7, 11) is 0. The van der Waals surface area contributed by atoms with Gasteiger partial charge in [-0.2, -0.15) is 5.26 Å². The van der Waals surface area contributed by atoms with Crippen molar-refractivity contribution in [2.75, 3.05) is 31.2 Å². The molecular formula is C23H24FN5O3. The highest BCUT2D eigenvalue weighted by molar-refractivity contribution is 5.90. The number of nitrogens with zero attached hydrogens (tertiary/aromatic N) is 3. The van der Waals surface area contributed by atoms with Gasteiger partial charge < -0.3 is 20.5 Å². The molecule has 0 radical (unpaired) electrons. The maximum absolute atomic E-state index is 14.4. The molecule has 3 heterocycles. The molecule has 1 aromatic carbocycles. The maximum Gasteiger partial charge on any atom is 0.414 e. The molecule has 3 N–H and O–H groups in total. The molecule has 166 valence electrons. The van der Waals surface area contributed by atoms with Crippen LogP contribution in [0.3, 0.4) is 0 Å². The third-order valence-corrected chi connectivity index (χ3v) is 5.77. The zero-order valence-electron chi connectivity index (χ0n) is 17.4. The van der Waals surface area contributed by atoms with Crippen molar-refractivity contribution in [3.05, 3.63) is 60.9 Å². The first-order valence-electron chi connectivity index (χ1n) is 10.4. The normalized spacial score (nSPS) is 25.5. The van der Waals surface area contributed by atoms with Crippen LogP contribution in [0.1, 0.15) is 0 Å². The van der Waals surface area contributed by atoms with E-state index in [4.69, 9.17) is 20.5 Å². The second-order valence-electron chi connectivity index (χ2n) is 7.81.